The molecular formula is C16H20ClNO2. The third-order valence-corrected chi connectivity index (χ3v) is 3.92. The van der Waals surface area contributed by atoms with E-state index in [9.17, 15) is 10.2 Å². The minimum Gasteiger partial charge on any atom is -0.508 e. The van der Waals surface area contributed by atoms with Crippen molar-refractivity contribution in [3.05, 3.63) is 35.9 Å². The van der Waals surface area contributed by atoms with Crippen LogP contribution in [-0.4, -0.2) is 34.7 Å². The number of likely N-dealkylation sites (tertiary alicyclic amines) is 1. The van der Waals surface area contributed by atoms with Crippen LogP contribution in [0.4, 0.5) is 0 Å². The first kappa shape index (κ1) is 14.9. The van der Waals surface area contributed by atoms with Gasteiger partial charge in [0.2, 0.25) is 0 Å². The number of nitrogens with zero attached hydrogens (tertiary/aromatic N) is 1. The molecule has 1 aliphatic rings. The Bertz CT molecular complexity index is 594. The van der Waals surface area contributed by atoms with E-state index in [0.717, 1.165) is 29.3 Å². The fraction of sp³-hybridized carbons (Fsp3) is 0.375. The molecular weight excluding hydrogens is 274 g/mol. The number of hydrogen-bond donors (Lipinski definition) is 2. The van der Waals surface area contributed by atoms with E-state index in [1.165, 1.54) is 32.0 Å². The lowest BCUT2D eigenvalue weighted by molar-refractivity contribution is 0.344. The average Bonchev–Trinajstić information content (AvgIpc) is 2.88. The molecule has 20 heavy (non-hydrogen) atoms. The molecule has 1 aliphatic heterocycles. The quantitative estimate of drug-likeness (QED) is 0.912. The summed E-state index contributed by atoms with van der Waals surface area (Å²) >= 11 is 0. The first-order valence-electron chi connectivity index (χ1n) is 6.90. The standard InChI is InChI=1S/C16H19NO2.ClH/c18-14-10-13-5-3-4-12(16(13)15(19)11-14)6-9-17-7-1-2-8-17;/h3-5,10-11,18-19H,1-2,6-9H2;1H. The highest BCUT2D eigenvalue weighted by molar-refractivity contribution is 5.92. The van der Waals surface area contributed by atoms with E-state index in [1.807, 2.05) is 12.1 Å². The summed E-state index contributed by atoms with van der Waals surface area (Å²) in [4.78, 5) is 2.47. The molecule has 0 atom stereocenters. The molecule has 4 heteroatoms. The average molecular weight is 294 g/mol. The number of hydrogen-bond acceptors (Lipinski definition) is 3. The Balaban J connectivity index is 0.00000147. The van der Waals surface area contributed by atoms with Crippen LogP contribution in [0.25, 0.3) is 10.8 Å². The van der Waals surface area contributed by atoms with Crippen LogP contribution in [0, 0.1) is 0 Å². The lowest BCUT2D eigenvalue weighted by atomic mass is 10.0. The molecule has 2 N–H and O–H groups in total. The van der Waals surface area contributed by atoms with Gasteiger partial charge in [0.25, 0.3) is 0 Å². The zero-order valence-corrected chi connectivity index (χ0v) is 12.2. The second-order valence-electron chi connectivity index (χ2n) is 5.28. The van der Waals surface area contributed by atoms with Crippen LogP contribution < -0.4 is 0 Å². The van der Waals surface area contributed by atoms with Gasteiger partial charge in [0.1, 0.15) is 11.5 Å². The Morgan fingerprint density at radius 2 is 1.80 bits per heavy atom. The van der Waals surface area contributed by atoms with Gasteiger partial charge in [0.05, 0.1) is 0 Å². The molecule has 0 aromatic heterocycles. The van der Waals surface area contributed by atoms with Crippen molar-refractivity contribution in [2.24, 2.45) is 0 Å². The third kappa shape index (κ3) is 3.00. The molecule has 0 unspecified atom stereocenters. The summed E-state index contributed by atoms with van der Waals surface area (Å²) in [5, 5.41) is 21.4. The SMILES string of the molecule is Cl.Oc1cc(O)c2c(CCN3CCCC3)cccc2c1. The van der Waals surface area contributed by atoms with Crippen molar-refractivity contribution in [1.29, 1.82) is 0 Å². The number of rotatable bonds is 3. The van der Waals surface area contributed by atoms with Crippen molar-refractivity contribution in [3.63, 3.8) is 0 Å². The fourth-order valence-corrected chi connectivity index (χ4v) is 2.96. The smallest absolute Gasteiger partial charge is 0.127 e. The molecule has 0 amide bonds. The topological polar surface area (TPSA) is 43.7 Å². The maximum absolute atomic E-state index is 10.1. The van der Waals surface area contributed by atoms with E-state index in [-0.39, 0.29) is 23.9 Å². The molecule has 0 aliphatic carbocycles. The van der Waals surface area contributed by atoms with Crippen LogP contribution in [0.1, 0.15) is 18.4 Å². The van der Waals surface area contributed by atoms with Crippen molar-refractivity contribution in [1.82, 2.24) is 4.90 Å². The molecule has 1 saturated heterocycles. The van der Waals surface area contributed by atoms with E-state index in [0.29, 0.717) is 0 Å². The van der Waals surface area contributed by atoms with Crippen molar-refractivity contribution >= 4 is 23.2 Å². The molecule has 2 aromatic carbocycles. The molecule has 0 saturated carbocycles. The summed E-state index contributed by atoms with van der Waals surface area (Å²) in [6.45, 7) is 3.43. The zero-order chi connectivity index (χ0) is 13.2. The predicted molar refractivity (Wildman–Crippen MR) is 83.9 cm³/mol. The van der Waals surface area contributed by atoms with Crippen LogP contribution in [0.5, 0.6) is 11.5 Å². The second-order valence-corrected chi connectivity index (χ2v) is 5.28. The highest BCUT2D eigenvalue weighted by Gasteiger charge is 2.13. The number of benzene rings is 2. The Hall–Kier alpha value is -1.45. The van der Waals surface area contributed by atoms with Gasteiger partial charge >= 0.3 is 0 Å². The summed E-state index contributed by atoms with van der Waals surface area (Å²) in [5.74, 6) is 0.286. The minimum absolute atomic E-state index is 0. The summed E-state index contributed by atoms with van der Waals surface area (Å²) in [6, 6.07) is 9.10. The molecule has 3 nitrogen and oxygen atoms in total. The lowest BCUT2D eigenvalue weighted by Gasteiger charge is -2.15. The van der Waals surface area contributed by atoms with Crippen LogP contribution in [-0.2, 0) is 6.42 Å². The molecule has 2 aromatic rings. The fourth-order valence-electron chi connectivity index (χ4n) is 2.96. The first-order chi connectivity index (χ1) is 9.24. The van der Waals surface area contributed by atoms with Crippen molar-refractivity contribution < 1.29 is 10.2 Å². The number of halogens is 1. The maximum Gasteiger partial charge on any atom is 0.127 e. The molecule has 1 heterocycles. The van der Waals surface area contributed by atoms with Crippen LogP contribution in [0.2, 0.25) is 0 Å². The van der Waals surface area contributed by atoms with E-state index >= 15 is 0 Å². The Kier molecular flexibility index (Phi) is 4.73. The normalized spacial score (nSPS) is 15.4. The lowest BCUT2D eigenvalue weighted by Crippen LogP contribution is -2.21. The number of phenolic OH excluding ortho intramolecular Hbond substituents is 2. The molecule has 108 valence electrons. The van der Waals surface area contributed by atoms with Gasteiger partial charge in [-0.05, 0) is 49.4 Å². The maximum atomic E-state index is 10.1. The predicted octanol–water partition coefficient (Wildman–Crippen LogP) is 3.31. The molecule has 0 spiro atoms. The molecule has 0 bridgehead atoms. The van der Waals surface area contributed by atoms with Gasteiger partial charge in [-0.15, -0.1) is 12.4 Å². The van der Waals surface area contributed by atoms with Gasteiger partial charge in [-0.3, -0.25) is 0 Å². The van der Waals surface area contributed by atoms with Gasteiger partial charge < -0.3 is 15.1 Å². The summed E-state index contributed by atoms with van der Waals surface area (Å²) in [5.41, 5.74) is 1.15. The largest absolute Gasteiger partial charge is 0.508 e. The van der Waals surface area contributed by atoms with Crippen LogP contribution >= 0.6 is 12.4 Å². The molecule has 3 rings (SSSR count). The first-order valence-corrected chi connectivity index (χ1v) is 6.90. The van der Waals surface area contributed by atoms with Gasteiger partial charge in [-0.1, -0.05) is 18.2 Å². The van der Waals surface area contributed by atoms with E-state index in [4.69, 9.17) is 0 Å². The molecule has 0 radical (unpaired) electrons. The Morgan fingerprint density at radius 1 is 1.05 bits per heavy atom. The van der Waals surface area contributed by atoms with Gasteiger partial charge in [0.15, 0.2) is 0 Å². The van der Waals surface area contributed by atoms with Gasteiger partial charge in [-0.2, -0.15) is 0 Å². The van der Waals surface area contributed by atoms with E-state index in [2.05, 4.69) is 11.0 Å². The van der Waals surface area contributed by atoms with Crippen molar-refractivity contribution in [2.45, 2.75) is 19.3 Å². The second kappa shape index (κ2) is 6.33. The summed E-state index contributed by atoms with van der Waals surface area (Å²) in [6.07, 6.45) is 3.54. The summed E-state index contributed by atoms with van der Waals surface area (Å²) in [7, 11) is 0. The number of fused-ring (bicyclic) bond motifs is 1. The van der Waals surface area contributed by atoms with E-state index in [1.54, 1.807) is 6.07 Å². The number of phenols is 2. The van der Waals surface area contributed by atoms with Crippen molar-refractivity contribution in [2.75, 3.05) is 19.6 Å². The number of aromatic hydroxyl groups is 2. The Morgan fingerprint density at radius 3 is 2.55 bits per heavy atom. The summed E-state index contributed by atoms with van der Waals surface area (Å²) < 4.78 is 0. The molecule has 1 fully saturated rings. The van der Waals surface area contributed by atoms with Crippen molar-refractivity contribution in [3.8, 4) is 11.5 Å². The highest BCUT2D eigenvalue weighted by Crippen LogP contribution is 2.32. The van der Waals surface area contributed by atoms with E-state index < -0.39 is 0 Å². The van der Waals surface area contributed by atoms with Gasteiger partial charge in [0, 0.05) is 18.0 Å². The Labute approximate surface area is 125 Å². The van der Waals surface area contributed by atoms with Gasteiger partial charge in [-0.25, -0.2) is 0 Å². The van der Waals surface area contributed by atoms with Crippen LogP contribution in [0.15, 0.2) is 30.3 Å². The zero-order valence-electron chi connectivity index (χ0n) is 11.4. The highest BCUT2D eigenvalue weighted by atomic mass is 35.5. The monoisotopic (exact) mass is 293 g/mol. The van der Waals surface area contributed by atoms with Crippen LogP contribution in [0.3, 0.4) is 0 Å². The third-order valence-electron chi connectivity index (χ3n) is 3.92. The minimum atomic E-state index is 0.